The van der Waals surface area contributed by atoms with Crippen molar-refractivity contribution in [3.63, 3.8) is 0 Å². The first-order valence-electron chi connectivity index (χ1n) is 8.15. The molecule has 25 heavy (non-hydrogen) atoms. The number of likely N-dealkylation sites (N-methyl/N-ethyl adjacent to an activating group) is 1. The first kappa shape index (κ1) is 15.6. The van der Waals surface area contributed by atoms with E-state index in [2.05, 4.69) is 20.1 Å². The van der Waals surface area contributed by atoms with E-state index in [9.17, 15) is 9.59 Å². The molecule has 1 fully saturated rings. The maximum Gasteiger partial charge on any atom is 0.276 e. The zero-order valence-corrected chi connectivity index (χ0v) is 14.1. The third-order valence-corrected chi connectivity index (χ3v) is 4.62. The van der Waals surface area contributed by atoms with Crippen molar-refractivity contribution >= 4 is 11.4 Å². The van der Waals surface area contributed by atoms with Crippen LogP contribution in [0.25, 0.3) is 11.5 Å². The first-order valence-corrected chi connectivity index (χ1v) is 8.15. The van der Waals surface area contributed by atoms with Crippen LogP contribution in [0.1, 0.15) is 16.1 Å². The Balaban J connectivity index is 1.68. The Hall–Kier alpha value is -2.94. The van der Waals surface area contributed by atoms with Crippen LogP contribution in [0.3, 0.4) is 0 Å². The van der Waals surface area contributed by atoms with Crippen molar-refractivity contribution in [2.45, 2.75) is 6.92 Å². The highest BCUT2D eigenvalue weighted by atomic mass is 16.2. The van der Waals surface area contributed by atoms with Gasteiger partial charge in [0.1, 0.15) is 5.52 Å². The number of hydrogen-bond donors (Lipinski definition) is 1. The second-order valence-corrected chi connectivity index (χ2v) is 6.27. The van der Waals surface area contributed by atoms with Gasteiger partial charge in [-0.1, -0.05) is 0 Å². The third kappa shape index (κ3) is 2.62. The molecule has 0 atom stereocenters. The number of nitrogens with zero attached hydrogens (tertiary/aromatic N) is 6. The van der Waals surface area contributed by atoms with Crippen LogP contribution in [-0.4, -0.2) is 73.3 Å². The fourth-order valence-electron chi connectivity index (χ4n) is 3.04. The molecule has 0 spiro atoms. The molecule has 0 unspecified atom stereocenters. The van der Waals surface area contributed by atoms with Crippen LogP contribution in [0.2, 0.25) is 0 Å². The number of H-pyrrole nitrogens is 1. The highest BCUT2D eigenvalue weighted by Gasteiger charge is 2.24. The molecule has 4 rings (SSSR count). The van der Waals surface area contributed by atoms with Gasteiger partial charge in [-0.2, -0.15) is 5.10 Å². The van der Waals surface area contributed by atoms with Gasteiger partial charge in [0.05, 0.1) is 17.5 Å². The molecule has 9 nitrogen and oxygen atoms in total. The van der Waals surface area contributed by atoms with Gasteiger partial charge in [0.2, 0.25) is 5.95 Å². The van der Waals surface area contributed by atoms with Crippen molar-refractivity contribution in [2.24, 2.45) is 0 Å². The molecule has 0 radical (unpaired) electrons. The van der Waals surface area contributed by atoms with Crippen LogP contribution < -0.4 is 5.56 Å². The summed E-state index contributed by atoms with van der Waals surface area (Å²) in [7, 11) is 2.05. The van der Waals surface area contributed by atoms with Gasteiger partial charge >= 0.3 is 0 Å². The lowest BCUT2D eigenvalue weighted by Gasteiger charge is -2.32. The summed E-state index contributed by atoms with van der Waals surface area (Å²) in [5.41, 5.74) is 1.39. The summed E-state index contributed by atoms with van der Waals surface area (Å²) in [4.78, 5) is 31.6. The number of nitrogens with one attached hydrogen (secondary N) is 1. The van der Waals surface area contributed by atoms with E-state index < -0.39 is 0 Å². The maximum absolute atomic E-state index is 12.8. The second-order valence-electron chi connectivity index (χ2n) is 6.27. The minimum absolute atomic E-state index is 0.0405. The van der Waals surface area contributed by atoms with Crippen molar-refractivity contribution in [1.29, 1.82) is 0 Å². The molecule has 9 heteroatoms. The molecule has 130 valence electrons. The Bertz CT molecular complexity index is 991. The molecule has 4 heterocycles. The number of piperazine rings is 1. The molecule has 1 amide bonds. The van der Waals surface area contributed by atoms with Crippen LogP contribution in [0, 0.1) is 6.92 Å². The van der Waals surface area contributed by atoms with E-state index in [4.69, 9.17) is 0 Å². The Morgan fingerprint density at radius 2 is 2.00 bits per heavy atom. The maximum atomic E-state index is 12.8. The van der Waals surface area contributed by atoms with Gasteiger partial charge in [0.25, 0.3) is 11.5 Å². The average molecular weight is 341 g/mol. The number of aromatic amines is 1. The topological polar surface area (TPSA) is 91.5 Å². The lowest BCUT2D eigenvalue weighted by atomic mass is 10.2. The first-order chi connectivity index (χ1) is 12.0. The van der Waals surface area contributed by atoms with Gasteiger partial charge < -0.3 is 9.80 Å². The van der Waals surface area contributed by atoms with Crippen molar-refractivity contribution in [2.75, 3.05) is 33.2 Å². The van der Waals surface area contributed by atoms with Gasteiger partial charge in [0.15, 0.2) is 0 Å². The fraction of sp³-hybridized carbons (Fsp3) is 0.375. The van der Waals surface area contributed by atoms with Crippen LogP contribution in [0.4, 0.5) is 0 Å². The summed E-state index contributed by atoms with van der Waals surface area (Å²) in [5.74, 6) is 0.241. The number of rotatable bonds is 2. The number of amides is 1. The Labute approximate surface area is 143 Å². The molecule has 3 aromatic heterocycles. The summed E-state index contributed by atoms with van der Waals surface area (Å²) in [6, 6.07) is 3.44. The second kappa shape index (κ2) is 5.85. The van der Waals surface area contributed by atoms with E-state index in [0.717, 1.165) is 13.1 Å². The molecule has 1 aliphatic heterocycles. The van der Waals surface area contributed by atoms with Gasteiger partial charge in [-0.05, 0) is 26.1 Å². The smallest absolute Gasteiger partial charge is 0.276 e. The molecule has 3 aromatic rings. The third-order valence-electron chi connectivity index (χ3n) is 4.62. The zero-order chi connectivity index (χ0) is 17.6. The highest BCUT2D eigenvalue weighted by molar-refractivity contribution is 5.95. The van der Waals surface area contributed by atoms with Crippen LogP contribution >= 0.6 is 0 Å². The molecule has 0 saturated carbocycles. The standard InChI is InChI=1S/C16H19N7O2/c1-11-12(15(25)21-8-6-20(2)7-9-21)10-17-23(11)16-18-14(24)13-4-3-5-22(13)19-16/h3-5,10H,6-9H2,1-2H3,(H,18,19,24). The summed E-state index contributed by atoms with van der Waals surface area (Å²) in [6.45, 7) is 4.92. The SMILES string of the molecule is Cc1c(C(=O)N2CCN(C)CC2)cnn1-c1nn2cccc2c(=O)[nH]1. The van der Waals surface area contributed by atoms with Crippen molar-refractivity contribution in [3.05, 3.63) is 46.1 Å². The van der Waals surface area contributed by atoms with Gasteiger partial charge in [0, 0.05) is 32.4 Å². The van der Waals surface area contributed by atoms with E-state index in [1.54, 1.807) is 25.3 Å². The number of carbonyl (C=O) groups is 1. The number of hydrogen-bond acceptors (Lipinski definition) is 5. The minimum atomic E-state index is -0.253. The van der Waals surface area contributed by atoms with Gasteiger partial charge in [-0.15, -0.1) is 5.10 Å². The van der Waals surface area contributed by atoms with E-state index in [-0.39, 0.29) is 17.4 Å². The molecular formula is C16H19N7O2. The Kier molecular flexibility index (Phi) is 3.65. The van der Waals surface area contributed by atoms with E-state index in [1.807, 2.05) is 11.9 Å². The molecule has 0 bridgehead atoms. The lowest BCUT2D eigenvalue weighted by Crippen LogP contribution is -2.47. The molecule has 0 aromatic carbocycles. The Morgan fingerprint density at radius 3 is 2.76 bits per heavy atom. The quantitative estimate of drug-likeness (QED) is 0.703. The Morgan fingerprint density at radius 1 is 1.24 bits per heavy atom. The predicted molar refractivity (Wildman–Crippen MR) is 91.1 cm³/mol. The summed E-state index contributed by atoms with van der Waals surface area (Å²) in [6.07, 6.45) is 3.24. The largest absolute Gasteiger partial charge is 0.336 e. The predicted octanol–water partition coefficient (Wildman–Crippen LogP) is -0.0957. The fourth-order valence-corrected chi connectivity index (χ4v) is 3.04. The number of fused-ring (bicyclic) bond motifs is 1. The number of aromatic nitrogens is 5. The van der Waals surface area contributed by atoms with Crippen molar-refractivity contribution in [1.82, 2.24) is 34.2 Å². The minimum Gasteiger partial charge on any atom is -0.336 e. The number of carbonyl (C=O) groups excluding carboxylic acids is 1. The monoisotopic (exact) mass is 341 g/mol. The van der Waals surface area contributed by atoms with E-state index >= 15 is 0 Å². The van der Waals surface area contributed by atoms with Crippen molar-refractivity contribution < 1.29 is 4.79 Å². The van der Waals surface area contributed by atoms with E-state index in [1.165, 1.54) is 15.4 Å². The van der Waals surface area contributed by atoms with Gasteiger partial charge in [-0.25, -0.2) is 9.20 Å². The van der Waals surface area contributed by atoms with Gasteiger partial charge in [-0.3, -0.25) is 14.6 Å². The zero-order valence-electron chi connectivity index (χ0n) is 14.1. The molecular weight excluding hydrogens is 322 g/mol. The highest BCUT2D eigenvalue weighted by Crippen LogP contribution is 2.14. The van der Waals surface area contributed by atoms with Crippen LogP contribution in [0.15, 0.2) is 29.3 Å². The molecule has 1 aliphatic rings. The van der Waals surface area contributed by atoms with E-state index in [0.29, 0.717) is 29.9 Å². The van der Waals surface area contributed by atoms with Crippen LogP contribution in [-0.2, 0) is 0 Å². The normalized spacial score (nSPS) is 15.8. The summed E-state index contributed by atoms with van der Waals surface area (Å²) in [5, 5.41) is 8.61. The van der Waals surface area contributed by atoms with Crippen molar-refractivity contribution in [3.8, 4) is 5.95 Å². The lowest BCUT2D eigenvalue weighted by molar-refractivity contribution is 0.0663. The molecule has 1 N–H and O–H groups in total. The average Bonchev–Trinajstić information content (AvgIpc) is 3.21. The summed E-state index contributed by atoms with van der Waals surface area (Å²) < 4.78 is 2.99. The van der Waals surface area contributed by atoms with Crippen LogP contribution in [0.5, 0.6) is 0 Å². The molecule has 0 aliphatic carbocycles. The molecule has 1 saturated heterocycles. The summed E-state index contributed by atoms with van der Waals surface area (Å²) >= 11 is 0.